The van der Waals surface area contributed by atoms with E-state index in [1.165, 1.54) is 0 Å². The molecule has 0 aliphatic rings. The van der Waals surface area contributed by atoms with Crippen LogP contribution in [0.1, 0.15) is 20.8 Å². The highest BCUT2D eigenvalue weighted by Gasteiger charge is 2.21. The lowest BCUT2D eigenvalue weighted by Gasteiger charge is -2.20. The van der Waals surface area contributed by atoms with Crippen LogP contribution in [0.4, 0.5) is 4.79 Å². The third-order valence-electron chi connectivity index (χ3n) is 0.887. The smallest absolute Gasteiger partial charge is 0.410 e. The molecule has 0 aliphatic carbocycles. The van der Waals surface area contributed by atoms with Gasteiger partial charge in [0.05, 0.1) is 0 Å². The average Bonchev–Trinajstić information content (AvgIpc) is 1.81. The van der Waals surface area contributed by atoms with Crippen molar-refractivity contribution in [2.24, 2.45) is 0 Å². The van der Waals surface area contributed by atoms with E-state index in [0.717, 1.165) is 0 Å². The zero-order valence-corrected chi connectivity index (χ0v) is 7.70. The van der Waals surface area contributed by atoms with E-state index in [9.17, 15) is 9.59 Å². The van der Waals surface area contributed by atoms with E-state index in [-0.39, 0.29) is 0 Å². The monoisotopic (exact) mass is 191 g/mol. The second-order valence-corrected chi connectivity index (χ2v) is 3.39. The van der Waals surface area contributed by atoms with Crippen molar-refractivity contribution in [3.05, 3.63) is 0 Å². The number of amides is 1. The lowest BCUT2D eigenvalue weighted by Crippen LogP contribution is -2.43. The van der Waals surface area contributed by atoms with E-state index in [1.54, 1.807) is 26.1 Å². The van der Waals surface area contributed by atoms with Crippen molar-refractivity contribution in [2.45, 2.75) is 32.6 Å². The largest absolute Gasteiger partial charge is 0.478 e. The lowest BCUT2D eigenvalue weighted by molar-refractivity contribution is -0.148. The molecule has 0 saturated heterocycles. The van der Waals surface area contributed by atoms with Gasteiger partial charge in [-0.05, 0) is 20.8 Å². The first-order chi connectivity index (χ1) is 5.72. The number of hydrogen-bond donors (Lipinski definition) is 3. The summed E-state index contributed by atoms with van der Waals surface area (Å²) in [6.45, 7) is 4.87. The Morgan fingerprint density at radius 1 is 1.38 bits per heavy atom. The number of alkyl carbamates (subject to hydrolysis) is 1. The van der Waals surface area contributed by atoms with Crippen LogP contribution < -0.4 is 5.32 Å². The molecule has 76 valence electrons. The Morgan fingerprint density at radius 3 is 2.15 bits per heavy atom. The van der Waals surface area contributed by atoms with Gasteiger partial charge in [-0.1, -0.05) is 0 Å². The number of aliphatic hydroxyl groups is 1. The molecule has 0 fully saturated rings. The van der Waals surface area contributed by atoms with Crippen LogP contribution in [0.2, 0.25) is 0 Å². The molecule has 0 saturated carbocycles. The van der Waals surface area contributed by atoms with Crippen molar-refractivity contribution in [3.8, 4) is 0 Å². The first kappa shape index (κ1) is 11.7. The molecule has 0 aromatic carbocycles. The molecule has 6 nitrogen and oxygen atoms in total. The van der Waals surface area contributed by atoms with Crippen LogP contribution in [0.25, 0.3) is 0 Å². The van der Waals surface area contributed by atoms with Crippen LogP contribution in [-0.2, 0) is 9.53 Å². The molecule has 0 spiro atoms. The minimum Gasteiger partial charge on any atom is -0.478 e. The predicted octanol–water partition coefficient (Wildman–Crippen LogP) is -0.0859. The van der Waals surface area contributed by atoms with Gasteiger partial charge in [0, 0.05) is 0 Å². The number of carbonyl (C=O) groups excluding carboxylic acids is 1. The van der Waals surface area contributed by atoms with Crippen molar-refractivity contribution >= 4 is 12.1 Å². The first-order valence-electron chi connectivity index (χ1n) is 3.63. The van der Waals surface area contributed by atoms with Crippen LogP contribution in [-0.4, -0.2) is 34.1 Å². The molecule has 6 heteroatoms. The van der Waals surface area contributed by atoms with Crippen molar-refractivity contribution in [1.82, 2.24) is 5.32 Å². The molecule has 13 heavy (non-hydrogen) atoms. The molecule has 0 aliphatic heterocycles. The van der Waals surface area contributed by atoms with Gasteiger partial charge in [-0.25, -0.2) is 9.59 Å². The van der Waals surface area contributed by atoms with Gasteiger partial charge in [0.2, 0.25) is 6.23 Å². The van der Waals surface area contributed by atoms with Crippen LogP contribution in [0, 0.1) is 0 Å². The number of rotatable bonds is 2. The molecule has 0 heterocycles. The molecule has 0 bridgehead atoms. The fourth-order valence-electron chi connectivity index (χ4n) is 0.481. The highest BCUT2D eigenvalue weighted by atomic mass is 16.6. The molecule has 0 rings (SSSR count). The summed E-state index contributed by atoms with van der Waals surface area (Å²) in [6.07, 6.45) is -2.91. The Kier molecular flexibility index (Phi) is 3.68. The maximum absolute atomic E-state index is 10.8. The third-order valence-corrected chi connectivity index (χ3v) is 0.887. The van der Waals surface area contributed by atoms with E-state index in [1.807, 2.05) is 0 Å². The second-order valence-electron chi connectivity index (χ2n) is 3.39. The number of carboxylic acids is 1. The van der Waals surface area contributed by atoms with Crippen LogP contribution in [0.15, 0.2) is 0 Å². The summed E-state index contributed by atoms with van der Waals surface area (Å²) < 4.78 is 4.69. The van der Waals surface area contributed by atoms with Crippen molar-refractivity contribution in [1.29, 1.82) is 0 Å². The number of hydrogen-bond acceptors (Lipinski definition) is 4. The maximum Gasteiger partial charge on any atom is 0.410 e. The Labute approximate surface area is 75.5 Å². The number of aliphatic carboxylic acids is 1. The molecule has 3 N–H and O–H groups in total. The standard InChI is InChI=1S/C7H13NO5/c1-7(2,3)13-6(12)8-4(9)5(10)11/h4,9H,1-3H3,(H,8,12)(H,10,11)/t4-/m0/s1. The molecule has 0 radical (unpaired) electrons. The lowest BCUT2D eigenvalue weighted by atomic mass is 10.2. The number of aliphatic hydroxyl groups excluding tert-OH is 1. The van der Waals surface area contributed by atoms with Gasteiger partial charge in [0.25, 0.3) is 0 Å². The first-order valence-corrected chi connectivity index (χ1v) is 3.63. The summed E-state index contributed by atoms with van der Waals surface area (Å²) >= 11 is 0. The highest BCUT2D eigenvalue weighted by Crippen LogP contribution is 2.06. The van der Waals surface area contributed by atoms with Crippen molar-refractivity contribution < 1.29 is 24.5 Å². The third kappa shape index (κ3) is 5.92. The summed E-state index contributed by atoms with van der Waals surface area (Å²) in [5.74, 6) is -1.54. The molecule has 0 aromatic rings. The summed E-state index contributed by atoms with van der Waals surface area (Å²) in [6, 6.07) is 0. The molecule has 0 aromatic heterocycles. The minimum absolute atomic E-state index is 0.720. The molecule has 1 atom stereocenters. The Balaban J connectivity index is 3.96. The van der Waals surface area contributed by atoms with Gasteiger partial charge in [-0.2, -0.15) is 0 Å². The second kappa shape index (κ2) is 4.08. The molecule has 1 amide bonds. The van der Waals surface area contributed by atoms with E-state index in [2.05, 4.69) is 4.74 Å². The summed E-state index contributed by atoms with van der Waals surface area (Å²) in [4.78, 5) is 20.9. The van der Waals surface area contributed by atoms with E-state index in [4.69, 9.17) is 10.2 Å². The van der Waals surface area contributed by atoms with E-state index < -0.39 is 23.9 Å². The minimum atomic E-state index is -1.94. The molecular formula is C7H13NO5. The van der Waals surface area contributed by atoms with E-state index in [0.29, 0.717) is 0 Å². The predicted molar refractivity (Wildman–Crippen MR) is 43.0 cm³/mol. The number of ether oxygens (including phenoxy) is 1. The zero-order chi connectivity index (χ0) is 10.6. The maximum atomic E-state index is 10.8. The van der Waals surface area contributed by atoms with Crippen LogP contribution >= 0.6 is 0 Å². The van der Waals surface area contributed by atoms with Gasteiger partial charge in [-0.15, -0.1) is 0 Å². The fraction of sp³-hybridized carbons (Fsp3) is 0.714. The van der Waals surface area contributed by atoms with Gasteiger partial charge < -0.3 is 14.9 Å². The Morgan fingerprint density at radius 2 is 1.85 bits per heavy atom. The molecular weight excluding hydrogens is 178 g/mol. The summed E-state index contributed by atoms with van der Waals surface area (Å²) in [5.41, 5.74) is -0.720. The quantitative estimate of drug-likeness (QED) is 0.530. The Hall–Kier alpha value is -1.30. The van der Waals surface area contributed by atoms with Crippen molar-refractivity contribution in [3.63, 3.8) is 0 Å². The normalized spacial score (nSPS) is 13.2. The number of carbonyl (C=O) groups is 2. The topological polar surface area (TPSA) is 95.9 Å². The zero-order valence-electron chi connectivity index (χ0n) is 7.70. The van der Waals surface area contributed by atoms with E-state index >= 15 is 0 Å². The summed E-state index contributed by atoms with van der Waals surface area (Å²) in [7, 11) is 0. The Bertz CT molecular complexity index is 207. The van der Waals surface area contributed by atoms with Crippen LogP contribution in [0.5, 0.6) is 0 Å². The summed E-state index contributed by atoms with van der Waals surface area (Å²) in [5, 5.41) is 18.6. The average molecular weight is 191 g/mol. The SMILES string of the molecule is CC(C)(C)OC(=O)N[C@@H](O)C(=O)O. The van der Waals surface area contributed by atoms with Gasteiger partial charge in [-0.3, -0.25) is 5.32 Å². The fourth-order valence-corrected chi connectivity index (χ4v) is 0.481. The van der Waals surface area contributed by atoms with Crippen molar-refractivity contribution in [2.75, 3.05) is 0 Å². The van der Waals surface area contributed by atoms with Gasteiger partial charge in [0.15, 0.2) is 0 Å². The van der Waals surface area contributed by atoms with Gasteiger partial charge >= 0.3 is 12.1 Å². The van der Waals surface area contributed by atoms with Gasteiger partial charge in [0.1, 0.15) is 5.60 Å². The van der Waals surface area contributed by atoms with Crippen LogP contribution in [0.3, 0.4) is 0 Å². The molecule has 0 unspecified atom stereocenters. The number of carboxylic acid groups (broad SMARTS) is 1. The number of nitrogens with one attached hydrogen (secondary N) is 1. The highest BCUT2D eigenvalue weighted by molar-refractivity contribution is 5.78.